The number of hydrogen-bond donors (Lipinski definition) is 8. The zero-order valence-corrected chi connectivity index (χ0v) is 31.4. The molecule has 23 heteroatoms. The Balaban J connectivity index is 0.00000211. The van der Waals surface area contributed by atoms with Crippen LogP contribution in [0, 0.1) is 5.92 Å². The topological polar surface area (TPSA) is 317 Å². The monoisotopic (exact) mass is 818 g/mol. The number of carboxylic acids is 1. The van der Waals surface area contributed by atoms with Gasteiger partial charge in [-0.3, -0.25) is 34.0 Å². The van der Waals surface area contributed by atoms with Crippen molar-refractivity contribution in [1.82, 2.24) is 20.9 Å². The molecule has 1 saturated heterocycles. The van der Waals surface area contributed by atoms with Crippen molar-refractivity contribution in [3.63, 3.8) is 0 Å². The summed E-state index contributed by atoms with van der Waals surface area (Å²) >= 11 is 0. The van der Waals surface area contributed by atoms with Gasteiger partial charge in [0.2, 0.25) is 29.3 Å². The van der Waals surface area contributed by atoms with Crippen molar-refractivity contribution in [2.75, 3.05) is 26.3 Å². The van der Waals surface area contributed by atoms with Gasteiger partial charge in [0.15, 0.2) is 18.6 Å². The molecule has 0 aromatic heterocycles. The minimum Gasteiger partial charge on any atom is -0.475 e. The second-order valence-corrected chi connectivity index (χ2v) is 12.9. The van der Waals surface area contributed by atoms with E-state index >= 15 is 0 Å². The van der Waals surface area contributed by atoms with E-state index in [1.165, 1.54) is 4.90 Å². The zero-order valence-electron chi connectivity index (χ0n) is 31.4. The van der Waals surface area contributed by atoms with Crippen LogP contribution < -0.4 is 38.9 Å². The van der Waals surface area contributed by atoms with Crippen LogP contribution in [-0.4, -0.2) is 120 Å². The summed E-state index contributed by atoms with van der Waals surface area (Å²) in [5.41, 5.74) is 22.2. The highest BCUT2D eigenvalue weighted by Gasteiger charge is 2.40. The lowest BCUT2D eigenvalue weighted by atomic mass is 10.0. The third kappa shape index (κ3) is 18.4. The summed E-state index contributed by atoms with van der Waals surface area (Å²) in [5, 5.41) is 14.9. The van der Waals surface area contributed by atoms with Gasteiger partial charge in [0.05, 0.1) is 6.04 Å². The van der Waals surface area contributed by atoms with E-state index in [0.29, 0.717) is 6.42 Å². The number of ether oxygens (including phenoxy) is 1. The molecule has 0 spiro atoms. The summed E-state index contributed by atoms with van der Waals surface area (Å²) in [5.74, 6) is -7.91. The van der Waals surface area contributed by atoms with E-state index in [4.69, 9.17) is 37.6 Å². The number of alkyl carbamates (subject to hydrolysis) is 1. The number of aliphatic imine (C=N–C) groups is 2. The Bertz CT molecular complexity index is 1590. The first-order valence-electron chi connectivity index (χ1n) is 17.6. The van der Waals surface area contributed by atoms with Crippen LogP contribution in [0.4, 0.5) is 22.4 Å². The highest BCUT2D eigenvalue weighted by atomic mass is 19.4. The number of benzene rings is 1. The van der Waals surface area contributed by atoms with E-state index in [0.717, 1.165) is 5.56 Å². The number of nitrogens with one attached hydrogen (secondary N) is 3. The first kappa shape index (κ1) is 49.0. The first-order chi connectivity index (χ1) is 26.7. The number of carboxylic acid groups (broad SMARTS) is 1. The zero-order chi connectivity index (χ0) is 43.3. The predicted octanol–water partition coefficient (Wildman–Crippen LogP) is -0.254. The number of nitrogens with two attached hydrogens (primary N) is 4. The summed E-state index contributed by atoms with van der Waals surface area (Å²) in [6.07, 6.45) is -4.79. The van der Waals surface area contributed by atoms with Gasteiger partial charge in [0, 0.05) is 19.6 Å². The number of nitrogens with zero attached hydrogens (tertiary/aromatic N) is 3. The van der Waals surface area contributed by atoms with Crippen LogP contribution in [0.3, 0.4) is 0 Å². The number of rotatable bonds is 20. The van der Waals surface area contributed by atoms with Crippen molar-refractivity contribution in [3.8, 4) is 0 Å². The summed E-state index contributed by atoms with van der Waals surface area (Å²) in [7, 11) is 0. The SMILES string of the molecule is CC(C)C(NC(=O)OCc1ccccc1)C(=O)NC(CCCN=C(N)N)C(=O)N1CCCC1C(=O)NC(CCCN=C(N)N)C(=O)C(=O)CF.O=C(O)C(F)(F)F. The number of amides is 4. The second-order valence-electron chi connectivity index (χ2n) is 12.9. The molecule has 4 unspecified atom stereocenters. The van der Waals surface area contributed by atoms with Crippen LogP contribution in [0.2, 0.25) is 0 Å². The van der Waals surface area contributed by atoms with Gasteiger partial charge in [-0.15, -0.1) is 0 Å². The van der Waals surface area contributed by atoms with Gasteiger partial charge in [-0.25, -0.2) is 14.0 Å². The average molecular weight is 819 g/mol. The lowest BCUT2D eigenvalue weighted by molar-refractivity contribution is -0.192. The Morgan fingerprint density at radius 3 is 1.93 bits per heavy atom. The first-order valence-corrected chi connectivity index (χ1v) is 17.6. The molecule has 1 fully saturated rings. The number of alkyl halides is 4. The third-order valence-electron chi connectivity index (χ3n) is 8.05. The van der Waals surface area contributed by atoms with E-state index in [-0.39, 0.29) is 70.3 Å². The molecule has 2 rings (SSSR count). The quantitative estimate of drug-likeness (QED) is 0.0277. The van der Waals surface area contributed by atoms with E-state index in [1.807, 2.05) is 6.07 Å². The van der Waals surface area contributed by atoms with E-state index in [2.05, 4.69) is 25.9 Å². The number of carbonyl (C=O) groups excluding carboxylic acids is 6. The van der Waals surface area contributed by atoms with Gasteiger partial charge >= 0.3 is 18.2 Å². The molecule has 1 aliphatic rings. The van der Waals surface area contributed by atoms with Gasteiger partial charge in [-0.2, -0.15) is 13.2 Å². The number of Topliss-reactive ketones (excluding diaryl/α,β-unsaturated/α-hetero) is 2. The fourth-order valence-electron chi connectivity index (χ4n) is 5.25. The van der Waals surface area contributed by atoms with Crippen LogP contribution in [-0.2, 0) is 40.1 Å². The van der Waals surface area contributed by atoms with Crippen molar-refractivity contribution >= 4 is 53.3 Å². The van der Waals surface area contributed by atoms with Gasteiger partial charge in [0.1, 0.15) is 24.7 Å². The van der Waals surface area contributed by atoms with E-state index < -0.39 is 84.3 Å². The molecule has 19 nitrogen and oxygen atoms in total. The minimum atomic E-state index is -5.08. The Morgan fingerprint density at radius 2 is 1.44 bits per heavy atom. The van der Waals surface area contributed by atoms with Gasteiger partial charge in [-0.05, 0) is 50.0 Å². The van der Waals surface area contributed by atoms with Crippen LogP contribution in [0.5, 0.6) is 0 Å². The van der Waals surface area contributed by atoms with Crippen molar-refractivity contribution in [2.24, 2.45) is 38.8 Å². The molecule has 0 bridgehead atoms. The number of guanidine groups is 2. The lowest BCUT2D eigenvalue weighted by Crippen LogP contribution is -2.58. The van der Waals surface area contributed by atoms with Gasteiger partial charge in [-0.1, -0.05) is 44.2 Å². The molecule has 1 aromatic carbocycles. The third-order valence-corrected chi connectivity index (χ3v) is 8.05. The molecule has 4 amide bonds. The number of likely N-dealkylation sites (tertiary alicyclic amines) is 1. The maximum Gasteiger partial charge on any atom is 0.490 e. The Morgan fingerprint density at radius 1 is 0.895 bits per heavy atom. The number of halogens is 4. The number of aliphatic carboxylic acids is 1. The number of carbonyl (C=O) groups is 7. The van der Waals surface area contributed by atoms with Crippen LogP contribution in [0.15, 0.2) is 40.3 Å². The molecular weight excluding hydrogens is 768 g/mol. The van der Waals surface area contributed by atoms with Crippen LogP contribution >= 0.6 is 0 Å². The molecule has 1 heterocycles. The smallest absolute Gasteiger partial charge is 0.475 e. The van der Waals surface area contributed by atoms with Crippen LogP contribution in [0.1, 0.15) is 57.9 Å². The highest BCUT2D eigenvalue weighted by Crippen LogP contribution is 2.21. The summed E-state index contributed by atoms with van der Waals surface area (Å²) in [6.45, 7) is 2.26. The lowest BCUT2D eigenvalue weighted by Gasteiger charge is -2.31. The summed E-state index contributed by atoms with van der Waals surface area (Å²) in [6, 6.07) is 4.31. The molecule has 57 heavy (non-hydrogen) atoms. The maximum atomic E-state index is 14.0. The summed E-state index contributed by atoms with van der Waals surface area (Å²) < 4.78 is 50.1. The summed E-state index contributed by atoms with van der Waals surface area (Å²) in [4.78, 5) is 96.0. The molecule has 1 aliphatic heterocycles. The fourth-order valence-corrected chi connectivity index (χ4v) is 5.25. The number of ketones is 2. The van der Waals surface area contributed by atoms with Crippen molar-refractivity contribution in [1.29, 1.82) is 0 Å². The minimum absolute atomic E-state index is 0.0198. The fraction of sp³-hybridized carbons (Fsp3) is 0.559. The molecule has 0 radical (unpaired) electrons. The normalized spacial score (nSPS) is 15.1. The Hall–Kier alpha value is -6.03. The van der Waals surface area contributed by atoms with Gasteiger partial charge < -0.3 is 53.6 Å². The number of hydrogen-bond acceptors (Lipinski definition) is 10. The van der Waals surface area contributed by atoms with Crippen molar-refractivity contribution in [3.05, 3.63) is 35.9 Å². The van der Waals surface area contributed by atoms with Crippen molar-refractivity contribution < 1.29 is 61.0 Å². The largest absolute Gasteiger partial charge is 0.490 e. The molecule has 12 N–H and O–H groups in total. The second kappa shape index (κ2) is 24.5. The standard InChI is InChI=1S/C32H49FN10O7.C2HF3O2/c1-19(2)25(42-32(49)50-18-20-9-4-3-5-10-20)28(47)41-22(12-7-15-39-31(36)37)29(48)43-16-8-13-23(43)27(46)40-21(26(45)24(44)17-33)11-6-14-38-30(34)35;3-2(4,5)1(6)7/h3-5,9-10,19,21-23,25H,6-8,11-18H2,1-2H3,(H,40,46)(H,41,47)(H,42,49)(H4,34,35,38)(H4,36,37,39);(H,6,7). The molecule has 0 aliphatic carbocycles. The average Bonchev–Trinajstić information content (AvgIpc) is 3.64. The van der Waals surface area contributed by atoms with Crippen molar-refractivity contribution in [2.45, 2.75) is 89.3 Å². The molecule has 0 saturated carbocycles. The maximum absolute atomic E-state index is 14.0. The van der Waals surface area contributed by atoms with E-state index in [9.17, 15) is 46.3 Å². The molecule has 1 aromatic rings. The van der Waals surface area contributed by atoms with Crippen LogP contribution in [0.25, 0.3) is 0 Å². The highest BCUT2D eigenvalue weighted by molar-refractivity contribution is 6.40. The molecule has 4 atom stereocenters. The van der Waals surface area contributed by atoms with E-state index in [1.54, 1.807) is 38.1 Å². The molecule has 318 valence electrons. The van der Waals surface area contributed by atoms with Gasteiger partial charge in [0.25, 0.3) is 0 Å². The molecular formula is C34H50F4N10O9. The Labute approximate surface area is 325 Å². The Kier molecular flexibility index (Phi) is 21.0. The predicted molar refractivity (Wildman–Crippen MR) is 196 cm³/mol.